The van der Waals surface area contributed by atoms with Crippen molar-refractivity contribution < 1.29 is 0 Å². The molecule has 104 valence electrons. The Labute approximate surface area is 108 Å². The Balaban J connectivity index is 3.99. The van der Waals surface area contributed by atoms with Crippen LogP contribution in [0.4, 0.5) is 0 Å². The van der Waals surface area contributed by atoms with Crippen molar-refractivity contribution in [2.45, 2.75) is 40.0 Å². The zero-order valence-corrected chi connectivity index (χ0v) is 12.6. The van der Waals surface area contributed by atoms with Crippen LogP contribution in [0.2, 0.25) is 0 Å². The average molecular weight is 243 g/mol. The van der Waals surface area contributed by atoms with Gasteiger partial charge >= 0.3 is 0 Å². The zero-order valence-electron chi connectivity index (χ0n) is 12.6. The molecule has 2 N–H and O–H groups in total. The summed E-state index contributed by atoms with van der Waals surface area (Å²) in [4.78, 5) is 2.32. The number of nitrogens with one attached hydrogen (secondary N) is 2. The quantitative estimate of drug-likeness (QED) is 0.543. The van der Waals surface area contributed by atoms with Gasteiger partial charge in [0.15, 0.2) is 0 Å². The third kappa shape index (κ3) is 9.57. The molecule has 0 radical (unpaired) electrons. The maximum Gasteiger partial charge on any atom is 0.00297 e. The van der Waals surface area contributed by atoms with Crippen molar-refractivity contribution in [1.29, 1.82) is 0 Å². The Morgan fingerprint density at radius 1 is 0.941 bits per heavy atom. The van der Waals surface area contributed by atoms with E-state index in [9.17, 15) is 0 Å². The number of hydrogen-bond acceptors (Lipinski definition) is 3. The summed E-state index contributed by atoms with van der Waals surface area (Å²) in [6, 6.07) is 0. The van der Waals surface area contributed by atoms with E-state index in [4.69, 9.17) is 0 Å². The molecule has 3 nitrogen and oxygen atoms in total. The van der Waals surface area contributed by atoms with Crippen LogP contribution < -0.4 is 10.6 Å². The molecule has 0 rings (SSSR count). The summed E-state index contributed by atoms with van der Waals surface area (Å²) in [5.74, 6) is 0. The van der Waals surface area contributed by atoms with E-state index in [1.807, 2.05) is 0 Å². The van der Waals surface area contributed by atoms with E-state index in [2.05, 4.69) is 50.4 Å². The summed E-state index contributed by atoms with van der Waals surface area (Å²) in [5, 5.41) is 6.86. The van der Waals surface area contributed by atoms with E-state index in [-0.39, 0.29) is 0 Å². The highest BCUT2D eigenvalue weighted by Gasteiger charge is 2.23. The van der Waals surface area contributed by atoms with Gasteiger partial charge in [-0.15, -0.1) is 0 Å². The highest BCUT2D eigenvalue weighted by atomic mass is 15.1. The zero-order chi connectivity index (χ0) is 13.1. The predicted octanol–water partition coefficient (Wildman–Crippen LogP) is 1.94. The van der Waals surface area contributed by atoms with E-state index >= 15 is 0 Å². The van der Waals surface area contributed by atoms with Crippen LogP contribution in [-0.4, -0.2) is 51.7 Å². The molecule has 17 heavy (non-hydrogen) atoms. The monoisotopic (exact) mass is 243 g/mol. The lowest BCUT2D eigenvalue weighted by Gasteiger charge is -2.33. The molecular weight excluding hydrogens is 210 g/mol. The Morgan fingerprint density at radius 2 is 1.53 bits per heavy atom. The van der Waals surface area contributed by atoms with Crippen LogP contribution in [0.25, 0.3) is 0 Å². The first-order valence-corrected chi connectivity index (χ1v) is 7.10. The molecule has 0 saturated carbocycles. The first-order valence-electron chi connectivity index (χ1n) is 7.10. The molecule has 0 heterocycles. The molecular formula is C14H33N3. The van der Waals surface area contributed by atoms with Crippen LogP contribution >= 0.6 is 0 Å². The fraction of sp³-hybridized carbons (Fsp3) is 1.00. The molecule has 0 fully saturated rings. The minimum Gasteiger partial charge on any atom is -0.317 e. The van der Waals surface area contributed by atoms with E-state index in [0.717, 1.165) is 26.2 Å². The second-order valence-corrected chi connectivity index (χ2v) is 5.61. The number of rotatable bonds is 11. The SMILES string of the molecule is CCNCCCC(C)(CCNCC)CN(C)C. The Kier molecular flexibility index (Phi) is 9.79. The molecule has 3 heteroatoms. The summed E-state index contributed by atoms with van der Waals surface area (Å²) >= 11 is 0. The first-order chi connectivity index (χ1) is 8.04. The van der Waals surface area contributed by atoms with Crippen molar-refractivity contribution in [1.82, 2.24) is 15.5 Å². The smallest absolute Gasteiger partial charge is 0.00297 e. The van der Waals surface area contributed by atoms with Crippen molar-refractivity contribution in [3.05, 3.63) is 0 Å². The molecule has 1 unspecified atom stereocenters. The summed E-state index contributed by atoms with van der Waals surface area (Å²) < 4.78 is 0. The van der Waals surface area contributed by atoms with Crippen molar-refractivity contribution >= 4 is 0 Å². The Morgan fingerprint density at radius 3 is 2.06 bits per heavy atom. The molecule has 1 atom stereocenters. The average Bonchev–Trinajstić information content (AvgIpc) is 2.24. The molecule has 0 aliphatic carbocycles. The number of nitrogens with zero attached hydrogens (tertiary/aromatic N) is 1. The second kappa shape index (κ2) is 9.86. The summed E-state index contributed by atoms with van der Waals surface area (Å²) in [6.07, 6.45) is 3.86. The van der Waals surface area contributed by atoms with Gasteiger partial charge in [0.25, 0.3) is 0 Å². The van der Waals surface area contributed by atoms with Gasteiger partial charge in [-0.25, -0.2) is 0 Å². The number of hydrogen-bond donors (Lipinski definition) is 2. The van der Waals surface area contributed by atoms with Crippen molar-refractivity contribution in [2.75, 3.05) is 46.8 Å². The van der Waals surface area contributed by atoms with Crippen LogP contribution in [0.1, 0.15) is 40.0 Å². The molecule has 0 spiro atoms. The fourth-order valence-corrected chi connectivity index (χ4v) is 2.43. The first kappa shape index (κ1) is 16.9. The van der Waals surface area contributed by atoms with Gasteiger partial charge in [-0.2, -0.15) is 0 Å². The van der Waals surface area contributed by atoms with Gasteiger partial charge in [-0.1, -0.05) is 20.8 Å². The van der Waals surface area contributed by atoms with Crippen LogP contribution in [0.5, 0.6) is 0 Å². The molecule has 0 aliphatic rings. The van der Waals surface area contributed by atoms with Gasteiger partial charge in [-0.3, -0.25) is 0 Å². The third-order valence-corrected chi connectivity index (χ3v) is 3.24. The van der Waals surface area contributed by atoms with Gasteiger partial charge in [0, 0.05) is 6.54 Å². The third-order valence-electron chi connectivity index (χ3n) is 3.24. The van der Waals surface area contributed by atoms with Crippen LogP contribution in [-0.2, 0) is 0 Å². The van der Waals surface area contributed by atoms with E-state index in [1.165, 1.54) is 25.8 Å². The summed E-state index contributed by atoms with van der Waals surface area (Å²) in [5.41, 5.74) is 0.446. The van der Waals surface area contributed by atoms with E-state index in [0.29, 0.717) is 5.41 Å². The van der Waals surface area contributed by atoms with Crippen molar-refractivity contribution in [2.24, 2.45) is 5.41 Å². The lowest BCUT2D eigenvalue weighted by Crippen LogP contribution is -2.35. The van der Waals surface area contributed by atoms with Crippen molar-refractivity contribution in [3.8, 4) is 0 Å². The highest BCUT2D eigenvalue weighted by Crippen LogP contribution is 2.27. The maximum atomic E-state index is 3.44. The maximum absolute atomic E-state index is 3.44. The van der Waals surface area contributed by atoms with Crippen LogP contribution in [0.3, 0.4) is 0 Å². The lowest BCUT2D eigenvalue weighted by molar-refractivity contribution is 0.183. The second-order valence-electron chi connectivity index (χ2n) is 5.61. The van der Waals surface area contributed by atoms with Gasteiger partial charge in [0.1, 0.15) is 0 Å². The summed E-state index contributed by atoms with van der Waals surface area (Å²) in [7, 11) is 4.35. The molecule has 0 aromatic rings. The van der Waals surface area contributed by atoms with E-state index < -0.39 is 0 Å². The largest absolute Gasteiger partial charge is 0.317 e. The molecule has 0 aromatic carbocycles. The molecule has 0 aromatic heterocycles. The predicted molar refractivity (Wildman–Crippen MR) is 77.6 cm³/mol. The fourth-order valence-electron chi connectivity index (χ4n) is 2.43. The molecule has 0 amide bonds. The lowest BCUT2D eigenvalue weighted by atomic mass is 9.81. The topological polar surface area (TPSA) is 27.3 Å². The minimum absolute atomic E-state index is 0.446. The minimum atomic E-state index is 0.446. The molecule has 0 bridgehead atoms. The normalized spacial score (nSPS) is 15.2. The van der Waals surface area contributed by atoms with Gasteiger partial charge in [0.2, 0.25) is 0 Å². The Bertz CT molecular complexity index is 171. The highest BCUT2D eigenvalue weighted by molar-refractivity contribution is 4.78. The van der Waals surface area contributed by atoms with E-state index in [1.54, 1.807) is 0 Å². The molecule has 0 saturated heterocycles. The standard InChI is InChI=1S/C14H33N3/c1-6-15-11-8-9-14(3,13-17(4)5)10-12-16-7-2/h15-16H,6-13H2,1-5H3. The van der Waals surface area contributed by atoms with Crippen LogP contribution in [0.15, 0.2) is 0 Å². The Hall–Kier alpha value is -0.120. The molecule has 0 aliphatic heterocycles. The van der Waals surface area contributed by atoms with Gasteiger partial charge in [-0.05, 0) is 65.0 Å². The van der Waals surface area contributed by atoms with Crippen molar-refractivity contribution in [3.63, 3.8) is 0 Å². The van der Waals surface area contributed by atoms with Gasteiger partial charge < -0.3 is 15.5 Å². The van der Waals surface area contributed by atoms with Crippen LogP contribution in [0, 0.1) is 5.41 Å². The van der Waals surface area contributed by atoms with Gasteiger partial charge in [0.05, 0.1) is 0 Å². The summed E-state index contributed by atoms with van der Waals surface area (Å²) in [6.45, 7) is 12.4.